The number of thiazole rings is 1. The molecule has 2 aromatic heterocycles. The van der Waals surface area contributed by atoms with Gasteiger partial charge in [-0.1, -0.05) is 25.1 Å². The van der Waals surface area contributed by atoms with Gasteiger partial charge in [-0.15, -0.1) is 11.3 Å². The molecule has 0 amide bonds. The molecule has 0 fully saturated rings. The summed E-state index contributed by atoms with van der Waals surface area (Å²) >= 11 is 4.99. The summed E-state index contributed by atoms with van der Waals surface area (Å²) in [6.07, 6.45) is 1.50. The number of sulfonamides is 1. The maximum atomic E-state index is 13.5. The molecule has 0 radical (unpaired) electrons. The fraction of sp³-hybridized carbons (Fsp3) is 0.207. The van der Waals surface area contributed by atoms with E-state index in [-0.39, 0.29) is 24.7 Å². The number of benzene rings is 3. The van der Waals surface area contributed by atoms with Crippen molar-refractivity contribution in [3.63, 3.8) is 0 Å². The molecule has 5 aromatic rings. The van der Waals surface area contributed by atoms with Gasteiger partial charge in [-0.3, -0.25) is 0 Å². The average Bonchev–Trinajstić information content (AvgIpc) is 3.44. The van der Waals surface area contributed by atoms with Crippen LogP contribution in [0.15, 0.2) is 76.8 Å². The molecule has 5 rings (SSSR count). The van der Waals surface area contributed by atoms with Crippen molar-refractivity contribution in [1.29, 1.82) is 0 Å². The molecule has 2 heterocycles. The van der Waals surface area contributed by atoms with Crippen molar-refractivity contribution >= 4 is 59.7 Å². The highest BCUT2D eigenvalue weighted by molar-refractivity contribution is 9.10. The third-order valence-corrected chi connectivity index (χ3v) is 9.74. The number of ether oxygens (including phenoxy) is 1. The zero-order valence-electron chi connectivity index (χ0n) is 22.3. The van der Waals surface area contributed by atoms with Crippen LogP contribution in [0, 0.1) is 5.82 Å². The lowest BCUT2D eigenvalue weighted by Crippen LogP contribution is -2.31. The number of hydrogen-bond donors (Lipinski definition) is 1. The van der Waals surface area contributed by atoms with Crippen LogP contribution in [-0.4, -0.2) is 40.0 Å². The smallest absolute Gasteiger partial charge is 0.214 e. The quantitative estimate of drug-likeness (QED) is 0.161. The molecular formula is C29H27BrFN5O3S2. The molecule has 0 bridgehead atoms. The number of nitrogens with zero attached hydrogens (tertiary/aromatic N) is 4. The van der Waals surface area contributed by atoms with E-state index in [2.05, 4.69) is 31.2 Å². The molecule has 0 aliphatic carbocycles. The highest BCUT2D eigenvalue weighted by Crippen LogP contribution is 2.33. The van der Waals surface area contributed by atoms with Crippen molar-refractivity contribution in [1.82, 2.24) is 19.3 Å². The van der Waals surface area contributed by atoms with Crippen LogP contribution >= 0.6 is 27.3 Å². The molecular weight excluding hydrogens is 629 g/mol. The first-order chi connectivity index (χ1) is 19.8. The van der Waals surface area contributed by atoms with Crippen molar-refractivity contribution in [2.24, 2.45) is 0 Å². The lowest BCUT2D eigenvalue weighted by molar-refractivity contribution is 0.303. The van der Waals surface area contributed by atoms with E-state index in [4.69, 9.17) is 9.72 Å². The Balaban J connectivity index is 1.35. The Morgan fingerprint density at radius 3 is 2.68 bits per heavy atom. The van der Waals surface area contributed by atoms with Crippen LogP contribution in [0.1, 0.15) is 24.4 Å². The molecule has 212 valence electrons. The zero-order chi connectivity index (χ0) is 29.0. The maximum absolute atomic E-state index is 13.5. The fourth-order valence-electron chi connectivity index (χ4n) is 4.19. The van der Waals surface area contributed by atoms with Crippen LogP contribution in [0.25, 0.3) is 22.2 Å². The summed E-state index contributed by atoms with van der Waals surface area (Å²) in [6, 6.07) is 17.7. The number of halogens is 2. The molecule has 3 aromatic carbocycles. The second kappa shape index (κ2) is 12.6. The summed E-state index contributed by atoms with van der Waals surface area (Å²) in [6.45, 7) is 4.35. The van der Waals surface area contributed by atoms with Crippen LogP contribution in [-0.2, 0) is 23.2 Å². The Labute approximate surface area is 250 Å². The molecule has 0 aliphatic rings. The van der Waals surface area contributed by atoms with Gasteiger partial charge >= 0.3 is 0 Å². The van der Waals surface area contributed by atoms with Gasteiger partial charge in [-0.25, -0.2) is 27.8 Å². The number of fused-ring (bicyclic) bond motifs is 1. The molecule has 8 nitrogen and oxygen atoms in total. The maximum Gasteiger partial charge on any atom is 0.214 e. The van der Waals surface area contributed by atoms with Crippen molar-refractivity contribution < 1.29 is 17.5 Å². The van der Waals surface area contributed by atoms with Crippen LogP contribution in [0.2, 0.25) is 0 Å². The van der Waals surface area contributed by atoms with E-state index in [1.54, 1.807) is 13.0 Å². The van der Waals surface area contributed by atoms with Gasteiger partial charge in [0, 0.05) is 28.6 Å². The first-order valence-corrected chi connectivity index (χ1v) is 16.1. The van der Waals surface area contributed by atoms with Crippen molar-refractivity contribution in [2.45, 2.75) is 27.0 Å². The Morgan fingerprint density at radius 1 is 1.07 bits per heavy atom. The zero-order valence-corrected chi connectivity index (χ0v) is 25.6. The normalized spacial score (nSPS) is 11.7. The van der Waals surface area contributed by atoms with Crippen LogP contribution in [0.3, 0.4) is 0 Å². The molecule has 0 unspecified atom stereocenters. The van der Waals surface area contributed by atoms with E-state index in [0.717, 1.165) is 42.9 Å². The van der Waals surface area contributed by atoms with E-state index in [9.17, 15) is 12.8 Å². The Morgan fingerprint density at radius 2 is 1.93 bits per heavy atom. The first kappa shape index (κ1) is 29.1. The second-order valence-corrected chi connectivity index (χ2v) is 13.2. The molecule has 0 spiro atoms. The SMILES string of the molecule is CCN(Cc1nc(-c2ccc3ncnc(Nc4ccc(OCc5cccc(F)c5)c(Br)c4)c3c2)cs1)S(=O)(=O)CC. The van der Waals surface area contributed by atoms with Crippen LogP contribution in [0.5, 0.6) is 5.75 Å². The number of aromatic nitrogens is 3. The fourth-order valence-corrected chi connectivity index (χ4v) is 6.66. The van der Waals surface area contributed by atoms with Crippen molar-refractivity contribution in [2.75, 3.05) is 17.6 Å². The van der Waals surface area contributed by atoms with Crippen molar-refractivity contribution in [3.8, 4) is 17.0 Å². The number of hydrogen-bond acceptors (Lipinski definition) is 8. The van der Waals surface area contributed by atoms with E-state index in [1.165, 1.54) is 34.1 Å². The number of anilines is 2. The Bertz CT molecular complexity index is 1800. The monoisotopic (exact) mass is 655 g/mol. The number of rotatable bonds is 11. The summed E-state index contributed by atoms with van der Waals surface area (Å²) in [5, 5.41) is 6.83. The molecule has 12 heteroatoms. The molecule has 0 saturated heterocycles. The molecule has 41 heavy (non-hydrogen) atoms. The minimum Gasteiger partial charge on any atom is -0.488 e. The lowest BCUT2D eigenvalue weighted by Gasteiger charge is -2.17. The van der Waals surface area contributed by atoms with Gasteiger partial charge in [0.05, 0.1) is 28.0 Å². The summed E-state index contributed by atoms with van der Waals surface area (Å²) in [4.78, 5) is 13.6. The van der Waals surface area contributed by atoms with E-state index < -0.39 is 10.0 Å². The van der Waals surface area contributed by atoms with Gasteiger partial charge in [-0.05, 0) is 70.9 Å². The third-order valence-electron chi connectivity index (χ3n) is 6.38. The predicted molar refractivity (Wildman–Crippen MR) is 164 cm³/mol. The predicted octanol–water partition coefficient (Wildman–Crippen LogP) is 7.15. The van der Waals surface area contributed by atoms with E-state index >= 15 is 0 Å². The van der Waals surface area contributed by atoms with E-state index in [0.29, 0.717) is 18.1 Å². The molecule has 0 atom stereocenters. The van der Waals surface area contributed by atoms with Gasteiger partial charge in [0.1, 0.15) is 35.3 Å². The summed E-state index contributed by atoms with van der Waals surface area (Å²) in [7, 11) is -3.30. The second-order valence-electron chi connectivity index (χ2n) is 9.10. The average molecular weight is 657 g/mol. The molecule has 1 N–H and O–H groups in total. The van der Waals surface area contributed by atoms with Gasteiger partial charge in [0.15, 0.2) is 0 Å². The van der Waals surface area contributed by atoms with E-state index in [1.807, 2.05) is 54.8 Å². The number of nitrogens with one attached hydrogen (secondary N) is 1. The Hall–Kier alpha value is -3.45. The summed E-state index contributed by atoms with van der Waals surface area (Å²) in [5.41, 5.74) is 3.93. The van der Waals surface area contributed by atoms with Gasteiger partial charge in [-0.2, -0.15) is 4.31 Å². The van der Waals surface area contributed by atoms with Crippen LogP contribution < -0.4 is 10.1 Å². The first-order valence-electron chi connectivity index (χ1n) is 12.9. The van der Waals surface area contributed by atoms with Crippen molar-refractivity contribution in [3.05, 3.63) is 93.2 Å². The largest absolute Gasteiger partial charge is 0.488 e. The standard InChI is InChI=1S/C29H27BrFN5O3S2/c1-3-36(41(37,38)4-2)15-28-35-26(17-40-28)20-8-10-25-23(13-20)29(33-18-32-25)34-22-9-11-27(24(30)14-22)39-16-19-6-5-7-21(31)12-19/h5-14,17-18H,3-4,15-16H2,1-2H3,(H,32,33,34). The molecule has 0 saturated carbocycles. The minimum absolute atomic E-state index is 0.0563. The minimum atomic E-state index is -3.30. The third kappa shape index (κ3) is 6.89. The lowest BCUT2D eigenvalue weighted by atomic mass is 10.1. The van der Waals surface area contributed by atoms with Gasteiger partial charge in [0.2, 0.25) is 10.0 Å². The van der Waals surface area contributed by atoms with Gasteiger partial charge < -0.3 is 10.1 Å². The van der Waals surface area contributed by atoms with Crippen LogP contribution in [0.4, 0.5) is 15.9 Å². The highest BCUT2D eigenvalue weighted by atomic mass is 79.9. The molecule has 0 aliphatic heterocycles. The topological polar surface area (TPSA) is 97.3 Å². The highest BCUT2D eigenvalue weighted by Gasteiger charge is 2.20. The summed E-state index contributed by atoms with van der Waals surface area (Å²) < 4.78 is 46.2. The van der Waals surface area contributed by atoms with Gasteiger partial charge in [0.25, 0.3) is 0 Å². The Kier molecular flexibility index (Phi) is 8.93. The summed E-state index contributed by atoms with van der Waals surface area (Å²) in [5.74, 6) is 1.01.